The van der Waals surface area contributed by atoms with Crippen LogP contribution in [0.15, 0.2) is 48.7 Å². The van der Waals surface area contributed by atoms with E-state index in [-0.39, 0.29) is 17.9 Å². The maximum atomic E-state index is 10.3. The largest absolute Gasteiger partial charge is 0.507 e. The van der Waals surface area contributed by atoms with Crippen LogP contribution in [-0.4, -0.2) is 58.5 Å². The van der Waals surface area contributed by atoms with Gasteiger partial charge in [-0.1, -0.05) is 45.2 Å². The number of rotatable bonds is 8. The van der Waals surface area contributed by atoms with Gasteiger partial charge in [0.1, 0.15) is 11.6 Å². The monoisotopic (exact) mass is 552 g/mol. The molecule has 0 aliphatic heterocycles. The molecule has 1 saturated carbocycles. The van der Waals surface area contributed by atoms with E-state index in [1.807, 2.05) is 39.0 Å². The number of methoxy groups -OCH3 is 2. The van der Waals surface area contributed by atoms with Crippen molar-refractivity contribution in [2.75, 3.05) is 37.9 Å². The van der Waals surface area contributed by atoms with Crippen LogP contribution in [-0.2, 0) is 4.79 Å². The molecule has 0 spiro atoms. The first kappa shape index (κ1) is 31.5. The minimum atomic E-state index is -0.00233. The van der Waals surface area contributed by atoms with Gasteiger partial charge < -0.3 is 36.1 Å². The number of aryl methyl sites for hydroxylation is 1. The lowest BCUT2D eigenvalue weighted by Crippen LogP contribution is -2.16. The summed E-state index contributed by atoms with van der Waals surface area (Å²) in [5.74, 6) is 1.65. The Morgan fingerprint density at radius 2 is 1.65 bits per heavy atom. The zero-order valence-electron chi connectivity index (χ0n) is 23.8. The average Bonchev–Trinajstić information content (AvgIpc) is 3.81. The van der Waals surface area contributed by atoms with Crippen LogP contribution in [0.1, 0.15) is 38.7 Å². The second-order valence-corrected chi connectivity index (χ2v) is 8.39. The maximum absolute atomic E-state index is 10.3. The maximum Gasteiger partial charge on any atom is 0.204 e. The first-order valence-corrected chi connectivity index (χ1v) is 13.1. The van der Waals surface area contributed by atoms with Crippen LogP contribution >= 0.6 is 0 Å². The molecule has 2 heterocycles. The molecule has 0 atom stereocenters. The van der Waals surface area contributed by atoms with Gasteiger partial charge in [0.25, 0.3) is 0 Å². The predicted octanol–water partition coefficient (Wildman–Crippen LogP) is 4.96. The predicted molar refractivity (Wildman–Crippen MR) is 158 cm³/mol. The third-order valence-electron chi connectivity index (χ3n) is 5.40. The molecule has 6 N–H and O–H groups in total. The SMILES string of the molecule is C1CC1.CC.COc1cc(NCCNc2cc(-c3ccccc3O)nc3c(C)cnn23)cc(O)c1OC.NC=O. The summed E-state index contributed by atoms with van der Waals surface area (Å²) in [5.41, 5.74) is 7.82. The van der Waals surface area contributed by atoms with Gasteiger partial charge in [0, 0.05) is 48.1 Å². The number of phenolic OH excluding ortho intramolecular Hbond substituents is 2. The lowest BCUT2D eigenvalue weighted by molar-refractivity contribution is -0.106. The number of para-hydroxylation sites is 1. The number of ether oxygens (including phenoxy) is 2. The molecule has 1 fully saturated rings. The van der Waals surface area contributed by atoms with Crippen molar-refractivity contribution in [3.05, 3.63) is 54.2 Å². The van der Waals surface area contributed by atoms with Gasteiger partial charge >= 0.3 is 0 Å². The summed E-state index contributed by atoms with van der Waals surface area (Å²) < 4.78 is 12.2. The molecule has 0 unspecified atom stereocenters. The molecule has 1 aliphatic carbocycles. The quantitative estimate of drug-likeness (QED) is 0.151. The van der Waals surface area contributed by atoms with Crippen molar-refractivity contribution in [2.24, 2.45) is 5.73 Å². The minimum Gasteiger partial charge on any atom is -0.507 e. The fourth-order valence-electron chi connectivity index (χ4n) is 3.47. The topological polar surface area (TPSA) is 156 Å². The van der Waals surface area contributed by atoms with E-state index in [9.17, 15) is 10.2 Å². The number of primary amides is 1. The van der Waals surface area contributed by atoms with E-state index in [4.69, 9.17) is 14.3 Å². The lowest BCUT2D eigenvalue weighted by Gasteiger charge is -2.14. The first-order valence-electron chi connectivity index (χ1n) is 13.1. The van der Waals surface area contributed by atoms with E-state index < -0.39 is 0 Å². The summed E-state index contributed by atoms with van der Waals surface area (Å²) in [6.45, 7) is 7.07. The number of fused-ring (bicyclic) bond motifs is 1. The van der Waals surface area contributed by atoms with Crippen molar-refractivity contribution in [1.29, 1.82) is 0 Å². The third-order valence-corrected chi connectivity index (χ3v) is 5.40. The first-order chi connectivity index (χ1) is 19.4. The summed E-state index contributed by atoms with van der Waals surface area (Å²) in [4.78, 5) is 13.3. The average molecular weight is 553 g/mol. The van der Waals surface area contributed by atoms with E-state index in [1.54, 1.807) is 35.0 Å². The summed E-state index contributed by atoms with van der Waals surface area (Å²) in [6, 6.07) is 12.3. The van der Waals surface area contributed by atoms with Gasteiger partial charge in [0.2, 0.25) is 12.2 Å². The highest BCUT2D eigenvalue weighted by molar-refractivity contribution is 5.72. The fraction of sp³-hybridized carbons (Fsp3) is 0.345. The number of aromatic hydroxyl groups is 2. The Hall–Kier alpha value is -4.67. The Kier molecular flexibility index (Phi) is 12.9. The smallest absolute Gasteiger partial charge is 0.204 e. The molecule has 0 saturated heterocycles. The van der Waals surface area contributed by atoms with Gasteiger partial charge in [0.15, 0.2) is 17.1 Å². The summed E-state index contributed by atoms with van der Waals surface area (Å²) in [6.07, 6.45) is 6.51. The molecule has 4 aromatic rings. The molecular formula is C29H40N6O5. The van der Waals surface area contributed by atoms with Gasteiger partial charge in [-0.05, 0) is 19.1 Å². The number of hydrogen-bond acceptors (Lipinski definition) is 9. The Bertz CT molecular complexity index is 1350. The molecule has 2 aromatic heterocycles. The third kappa shape index (κ3) is 8.69. The second kappa shape index (κ2) is 16.3. The molecule has 1 aliphatic rings. The minimum absolute atomic E-state index is 0.00233. The second-order valence-electron chi connectivity index (χ2n) is 8.39. The van der Waals surface area contributed by atoms with Crippen LogP contribution < -0.4 is 25.8 Å². The fourth-order valence-corrected chi connectivity index (χ4v) is 3.47. The molecule has 11 nitrogen and oxygen atoms in total. The zero-order chi connectivity index (χ0) is 29.5. The number of phenols is 2. The van der Waals surface area contributed by atoms with Crippen LogP contribution in [0.2, 0.25) is 0 Å². The van der Waals surface area contributed by atoms with Gasteiger partial charge in [-0.15, -0.1) is 0 Å². The zero-order valence-corrected chi connectivity index (χ0v) is 23.8. The van der Waals surface area contributed by atoms with Crippen LogP contribution in [0, 0.1) is 6.92 Å². The number of carbonyl (C=O) groups is 1. The Labute approximate surface area is 235 Å². The molecule has 2 aromatic carbocycles. The molecule has 5 rings (SSSR count). The molecular weight excluding hydrogens is 512 g/mol. The highest BCUT2D eigenvalue weighted by Gasteiger charge is 2.14. The number of aromatic nitrogens is 3. The number of nitrogens with two attached hydrogens (primary N) is 1. The Balaban J connectivity index is 0.000000620. The van der Waals surface area contributed by atoms with Crippen molar-refractivity contribution >= 4 is 23.6 Å². The van der Waals surface area contributed by atoms with Crippen molar-refractivity contribution in [3.63, 3.8) is 0 Å². The number of nitrogens with one attached hydrogen (secondary N) is 2. The van der Waals surface area contributed by atoms with Gasteiger partial charge in [-0.2, -0.15) is 9.61 Å². The van der Waals surface area contributed by atoms with Crippen molar-refractivity contribution in [1.82, 2.24) is 14.6 Å². The van der Waals surface area contributed by atoms with Crippen LogP contribution in [0.4, 0.5) is 11.5 Å². The lowest BCUT2D eigenvalue weighted by atomic mass is 10.1. The standard InChI is InChI=1S/C23H25N5O4.C3H6.C2H6.CH3NO/c1-14-13-26-28-21(12-17(27-23(14)28)16-6-4-5-7-18(16)29)25-9-8-24-15-10-19(30)22(32-3)20(11-15)31-2;1-2-3-1;1-2;2-1-3/h4-7,10-13,24-25,29-30H,8-9H2,1-3H3;1-3H2;1-2H3;1H,(H2,2,3). The molecule has 216 valence electrons. The van der Waals surface area contributed by atoms with Crippen molar-refractivity contribution in [3.8, 4) is 34.3 Å². The number of nitrogens with zero attached hydrogens (tertiary/aromatic N) is 3. The van der Waals surface area contributed by atoms with Crippen molar-refractivity contribution < 1.29 is 24.5 Å². The molecule has 11 heteroatoms. The molecule has 0 radical (unpaired) electrons. The summed E-state index contributed by atoms with van der Waals surface area (Å²) in [7, 11) is 3.00. The van der Waals surface area contributed by atoms with Crippen LogP contribution in [0.3, 0.4) is 0 Å². The van der Waals surface area contributed by atoms with Gasteiger partial charge in [0.05, 0.1) is 26.1 Å². The number of hydrogen-bond donors (Lipinski definition) is 5. The number of benzene rings is 2. The summed E-state index contributed by atoms with van der Waals surface area (Å²) >= 11 is 0. The van der Waals surface area contributed by atoms with Crippen molar-refractivity contribution in [2.45, 2.75) is 40.0 Å². The molecule has 0 bridgehead atoms. The summed E-state index contributed by atoms with van der Waals surface area (Å²) in [5, 5.41) is 31.4. The van der Waals surface area contributed by atoms with Gasteiger partial charge in [-0.3, -0.25) is 4.79 Å². The van der Waals surface area contributed by atoms with E-state index >= 15 is 0 Å². The number of amides is 1. The highest BCUT2D eigenvalue weighted by atomic mass is 16.5. The highest BCUT2D eigenvalue weighted by Crippen LogP contribution is 2.39. The van der Waals surface area contributed by atoms with E-state index in [2.05, 4.69) is 26.4 Å². The van der Waals surface area contributed by atoms with Crippen LogP contribution in [0.5, 0.6) is 23.0 Å². The number of anilines is 2. The Morgan fingerprint density at radius 3 is 2.25 bits per heavy atom. The molecule has 1 amide bonds. The van der Waals surface area contributed by atoms with E-state index in [0.29, 0.717) is 47.2 Å². The Morgan fingerprint density at radius 1 is 1.00 bits per heavy atom. The normalized spacial score (nSPS) is 10.9. The van der Waals surface area contributed by atoms with Crippen LogP contribution in [0.25, 0.3) is 16.9 Å². The van der Waals surface area contributed by atoms with E-state index in [0.717, 1.165) is 11.4 Å². The van der Waals surface area contributed by atoms with Gasteiger partial charge in [-0.25, -0.2) is 4.98 Å². The molecule has 40 heavy (non-hydrogen) atoms. The van der Waals surface area contributed by atoms with E-state index in [1.165, 1.54) is 33.5 Å². The number of carbonyl (C=O) groups excluding carboxylic acids is 1.